The highest BCUT2D eigenvalue weighted by Gasteiger charge is 2.33. The number of ether oxygens (including phenoxy) is 1. The number of carbonyl (C=O) groups is 3. The molecule has 0 spiro atoms. The first-order valence-corrected chi connectivity index (χ1v) is 11.9. The molecule has 0 bridgehead atoms. The summed E-state index contributed by atoms with van der Waals surface area (Å²) in [6, 6.07) is 16.0. The molecular weight excluding hydrogens is 432 g/mol. The van der Waals surface area contributed by atoms with Crippen LogP contribution in [0.4, 0.5) is 4.79 Å². The fourth-order valence-corrected chi connectivity index (χ4v) is 4.64. The molecule has 2 amide bonds. The van der Waals surface area contributed by atoms with Crippen LogP contribution in [-0.4, -0.2) is 42.3 Å². The molecule has 1 unspecified atom stereocenters. The van der Waals surface area contributed by atoms with Gasteiger partial charge in [-0.25, -0.2) is 4.79 Å². The van der Waals surface area contributed by atoms with Gasteiger partial charge in [-0.2, -0.15) is 0 Å². The molecule has 0 radical (unpaired) electrons. The van der Waals surface area contributed by atoms with Crippen molar-refractivity contribution < 1.29 is 24.2 Å². The molecular formula is C27H32N2O5. The maximum atomic E-state index is 12.7. The van der Waals surface area contributed by atoms with Gasteiger partial charge in [-0.15, -0.1) is 0 Å². The van der Waals surface area contributed by atoms with E-state index in [1.807, 2.05) is 24.3 Å². The molecule has 180 valence electrons. The summed E-state index contributed by atoms with van der Waals surface area (Å²) in [6.07, 6.45) is 2.54. The SMILES string of the molecule is CC(C)(CNC(=O)CC(NC(=O)OCC1c2ccccc2-c2ccccc21)C1CCC1)C(=O)O. The fraction of sp³-hybridized carbons (Fsp3) is 0.444. The van der Waals surface area contributed by atoms with Gasteiger partial charge in [0.25, 0.3) is 0 Å². The van der Waals surface area contributed by atoms with Crippen LogP contribution in [0.3, 0.4) is 0 Å². The quantitative estimate of drug-likeness (QED) is 0.513. The van der Waals surface area contributed by atoms with Crippen molar-refractivity contribution in [2.24, 2.45) is 11.3 Å². The van der Waals surface area contributed by atoms with E-state index in [0.717, 1.165) is 30.4 Å². The van der Waals surface area contributed by atoms with E-state index in [-0.39, 0.29) is 43.4 Å². The van der Waals surface area contributed by atoms with Crippen molar-refractivity contribution in [2.45, 2.75) is 51.5 Å². The second-order valence-corrected chi connectivity index (χ2v) is 9.94. The predicted octanol–water partition coefficient (Wildman–Crippen LogP) is 4.31. The zero-order valence-corrected chi connectivity index (χ0v) is 19.7. The maximum absolute atomic E-state index is 12.7. The Morgan fingerprint density at radius 1 is 1.03 bits per heavy atom. The number of aliphatic carboxylic acids is 1. The normalized spacial score (nSPS) is 16.1. The zero-order valence-electron chi connectivity index (χ0n) is 19.7. The minimum absolute atomic E-state index is 0.0261. The van der Waals surface area contributed by atoms with Gasteiger partial charge in [0.05, 0.1) is 5.41 Å². The minimum atomic E-state index is -1.05. The van der Waals surface area contributed by atoms with Crippen LogP contribution in [0.1, 0.15) is 56.6 Å². The van der Waals surface area contributed by atoms with Crippen LogP contribution in [-0.2, 0) is 14.3 Å². The molecule has 34 heavy (non-hydrogen) atoms. The summed E-state index contributed by atoms with van der Waals surface area (Å²) in [5, 5.41) is 14.8. The first-order valence-electron chi connectivity index (χ1n) is 11.9. The second-order valence-electron chi connectivity index (χ2n) is 9.94. The van der Waals surface area contributed by atoms with E-state index in [1.54, 1.807) is 13.8 Å². The van der Waals surface area contributed by atoms with E-state index in [4.69, 9.17) is 4.74 Å². The Balaban J connectivity index is 1.35. The van der Waals surface area contributed by atoms with Crippen molar-refractivity contribution in [3.63, 3.8) is 0 Å². The number of carboxylic acids is 1. The van der Waals surface area contributed by atoms with E-state index in [2.05, 4.69) is 34.9 Å². The fourth-order valence-electron chi connectivity index (χ4n) is 4.64. The standard InChI is InChI=1S/C27H32N2O5/c1-27(2,25(31)32)16-28-24(30)14-23(17-8-7-9-17)29-26(33)34-15-22-20-12-5-3-10-18(20)19-11-4-6-13-21(19)22/h3-6,10-13,17,22-23H,7-9,14-16H2,1-2H3,(H,28,30)(H,29,33)(H,31,32). The van der Waals surface area contributed by atoms with Gasteiger partial charge in [0, 0.05) is 24.9 Å². The largest absolute Gasteiger partial charge is 0.481 e. The second kappa shape index (κ2) is 9.87. The number of amides is 2. The van der Waals surface area contributed by atoms with Crippen LogP contribution >= 0.6 is 0 Å². The van der Waals surface area contributed by atoms with E-state index >= 15 is 0 Å². The van der Waals surface area contributed by atoms with E-state index in [1.165, 1.54) is 11.1 Å². The van der Waals surface area contributed by atoms with Gasteiger partial charge in [0.2, 0.25) is 5.91 Å². The molecule has 2 aromatic rings. The van der Waals surface area contributed by atoms with Crippen molar-refractivity contribution in [3.8, 4) is 11.1 Å². The predicted molar refractivity (Wildman–Crippen MR) is 128 cm³/mol. The molecule has 2 aliphatic carbocycles. The molecule has 1 saturated carbocycles. The van der Waals surface area contributed by atoms with Crippen molar-refractivity contribution in [2.75, 3.05) is 13.2 Å². The van der Waals surface area contributed by atoms with E-state index < -0.39 is 17.5 Å². The lowest BCUT2D eigenvalue weighted by molar-refractivity contribution is -0.146. The van der Waals surface area contributed by atoms with Gasteiger partial charge in [-0.3, -0.25) is 9.59 Å². The molecule has 1 atom stereocenters. The average molecular weight is 465 g/mol. The highest BCUT2D eigenvalue weighted by Crippen LogP contribution is 2.44. The number of hydrogen-bond donors (Lipinski definition) is 3. The van der Waals surface area contributed by atoms with Crippen molar-refractivity contribution in [1.82, 2.24) is 10.6 Å². The van der Waals surface area contributed by atoms with Gasteiger partial charge in [-0.1, -0.05) is 55.0 Å². The number of hydrogen-bond acceptors (Lipinski definition) is 4. The van der Waals surface area contributed by atoms with Crippen LogP contribution in [0.25, 0.3) is 11.1 Å². The molecule has 2 aliphatic rings. The Hall–Kier alpha value is -3.35. The summed E-state index contributed by atoms with van der Waals surface area (Å²) >= 11 is 0. The van der Waals surface area contributed by atoms with Gasteiger partial charge in [-0.05, 0) is 54.9 Å². The summed E-state index contributed by atoms with van der Waals surface area (Å²) < 4.78 is 5.66. The molecule has 0 aromatic heterocycles. The van der Waals surface area contributed by atoms with Crippen LogP contribution in [0.2, 0.25) is 0 Å². The minimum Gasteiger partial charge on any atom is -0.481 e. The van der Waals surface area contributed by atoms with Crippen LogP contribution in [0.15, 0.2) is 48.5 Å². The Kier molecular flexibility index (Phi) is 6.91. The highest BCUT2D eigenvalue weighted by atomic mass is 16.5. The van der Waals surface area contributed by atoms with Gasteiger partial charge >= 0.3 is 12.1 Å². The topological polar surface area (TPSA) is 105 Å². The molecule has 0 heterocycles. The number of benzene rings is 2. The Bertz CT molecular complexity index is 1030. The number of nitrogens with one attached hydrogen (secondary N) is 2. The molecule has 2 aromatic carbocycles. The lowest BCUT2D eigenvalue weighted by atomic mass is 9.78. The number of fused-ring (bicyclic) bond motifs is 3. The third kappa shape index (κ3) is 5.08. The van der Waals surface area contributed by atoms with E-state index in [9.17, 15) is 19.5 Å². The Morgan fingerprint density at radius 2 is 1.62 bits per heavy atom. The molecule has 7 nitrogen and oxygen atoms in total. The van der Waals surface area contributed by atoms with Gasteiger partial charge in [0.1, 0.15) is 6.61 Å². The summed E-state index contributed by atoms with van der Waals surface area (Å²) in [5.74, 6) is -1.05. The molecule has 0 saturated heterocycles. The highest BCUT2D eigenvalue weighted by molar-refractivity contribution is 5.80. The molecule has 0 aliphatic heterocycles. The summed E-state index contributed by atoms with van der Waals surface area (Å²) in [4.78, 5) is 36.5. The average Bonchev–Trinajstić information content (AvgIpc) is 3.09. The molecule has 3 N–H and O–H groups in total. The summed E-state index contributed by atoms with van der Waals surface area (Å²) in [6.45, 7) is 3.38. The van der Waals surface area contributed by atoms with Crippen LogP contribution in [0.5, 0.6) is 0 Å². The summed E-state index contributed by atoms with van der Waals surface area (Å²) in [5.41, 5.74) is 3.57. The lowest BCUT2D eigenvalue weighted by Gasteiger charge is -2.34. The molecule has 1 fully saturated rings. The maximum Gasteiger partial charge on any atom is 0.407 e. The number of carbonyl (C=O) groups excluding carboxylic acids is 2. The summed E-state index contributed by atoms with van der Waals surface area (Å²) in [7, 11) is 0. The van der Waals surface area contributed by atoms with Crippen molar-refractivity contribution in [1.29, 1.82) is 0 Å². The Labute approximate surface area is 199 Å². The third-order valence-corrected chi connectivity index (χ3v) is 7.08. The van der Waals surface area contributed by atoms with Crippen molar-refractivity contribution >= 4 is 18.0 Å². The lowest BCUT2D eigenvalue weighted by Crippen LogP contribution is -2.47. The Morgan fingerprint density at radius 3 is 2.15 bits per heavy atom. The van der Waals surface area contributed by atoms with Gasteiger partial charge in [0.15, 0.2) is 0 Å². The third-order valence-electron chi connectivity index (χ3n) is 7.08. The monoisotopic (exact) mass is 464 g/mol. The molecule has 7 heteroatoms. The van der Waals surface area contributed by atoms with Gasteiger partial charge < -0.3 is 20.5 Å². The van der Waals surface area contributed by atoms with Crippen LogP contribution in [0, 0.1) is 11.3 Å². The number of alkyl carbamates (subject to hydrolysis) is 1. The number of carboxylic acid groups (broad SMARTS) is 1. The smallest absolute Gasteiger partial charge is 0.407 e. The molecule has 4 rings (SSSR count). The van der Waals surface area contributed by atoms with Crippen molar-refractivity contribution in [3.05, 3.63) is 59.7 Å². The van der Waals surface area contributed by atoms with E-state index in [0.29, 0.717) is 0 Å². The first-order chi connectivity index (χ1) is 16.3. The number of rotatable bonds is 9. The first kappa shape index (κ1) is 23.8. The van der Waals surface area contributed by atoms with Crippen LogP contribution < -0.4 is 10.6 Å². The zero-order chi connectivity index (χ0) is 24.3.